The number of amides is 2. The summed E-state index contributed by atoms with van der Waals surface area (Å²) in [6.45, 7) is 5.91. The summed E-state index contributed by atoms with van der Waals surface area (Å²) in [6.07, 6.45) is 1.51. The molecule has 2 aromatic rings. The summed E-state index contributed by atoms with van der Waals surface area (Å²) in [6, 6.07) is 17.5. The molecule has 0 unspecified atom stereocenters. The summed E-state index contributed by atoms with van der Waals surface area (Å²) < 4.78 is 0. The molecule has 0 aliphatic carbocycles. The molecule has 0 spiro atoms. The van der Waals surface area contributed by atoms with Crippen molar-refractivity contribution in [3.05, 3.63) is 66.2 Å². The normalized spacial score (nSPS) is 15.1. The second-order valence-corrected chi connectivity index (χ2v) is 7.30. The highest BCUT2D eigenvalue weighted by atomic mass is 16.2. The minimum Gasteiger partial charge on any atom is -0.369 e. The van der Waals surface area contributed by atoms with E-state index >= 15 is 0 Å². The van der Waals surface area contributed by atoms with E-state index in [9.17, 15) is 9.59 Å². The number of piperazine rings is 1. The molecule has 1 saturated heterocycles. The first kappa shape index (κ1) is 20.6. The number of carbonyl (C=O) groups excluding carboxylic acids is 2. The Morgan fingerprint density at radius 1 is 0.966 bits per heavy atom. The fourth-order valence-corrected chi connectivity index (χ4v) is 3.22. The largest absolute Gasteiger partial charge is 0.369 e. The Bertz CT molecular complexity index is 854. The molecule has 1 heterocycles. The first-order chi connectivity index (χ1) is 14.0. The number of allylic oxidation sites excluding steroid dienone is 1. The van der Waals surface area contributed by atoms with Crippen molar-refractivity contribution in [2.45, 2.75) is 6.92 Å². The minimum atomic E-state index is -0.285. The van der Waals surface area contributed by atoms with E-state index in [4.69, 9.17) is 0 Å². The van der Waals surface area contributed by atoms with Crippen LogP contribution in [-0.2, 0) is 9.59 Å². The average molecular weight is 393 g/mol. The van der Waals surface area contributed by atoms with Gasteiger partial charge >= 0.3 is 0 Å². The summed E-state index contributed by atoms with van der Waals surface area (Å²) >= 11 is 0. The van der Waals surface area contributed by atoms with Gasteiger partial charge in [0.25, 0.3) is 0 Å². The molecule has 0 aromatic heterocycles. The van der Waals surface area contributed by atoms with Gasteiger partial charge in [-0.05, 0) is 49.4 Å². The van der Waals surface area contributed by atoms with Gasteiger partial charge in [0.1, 0.15) is 0 Å². The molecule has 6 heteroatoms. The van der Waals surface area contributed by atoms with Gasteiger partial charge in [-0.3, -0.25) is 9.59 Å². The number of nitrogens with one attached hydrogen (secondary N) is 2. The molecule has 3 rings (SSSR count). The van der Waals surface area contributed by atoms with E-state index in [0.717, 1.165) is 48.7 Å². The van der Waals surface area contributed by atoms with Gasteiger partial charge in [-0.15, -0.1) is 0 Å². The molecule has 0 atom stereocenters. The predicted molar refractivity (Wildman–Crippen MR) is 118 cm³/mol. The number of nitrogens with zero attached hydrogens (tertiary/aromatic N) is 2. The number of likely N-dealkylation sites (N-methyl/N-ethyl adjacent to an activating group) is 1. The lowest BCUT2D eigenvalue weighted by molar-refractivity contribution is -0.121. The van der Waals surface area contributed by atoms with Crippen molar-refractivity contribution in [3.63, 3.8) is 0 Å². The van der Waals surface area contributed by atoms with Crippen LogP contribution >= 0.6 is 0 Å². The average Bonchev–Trinajstić information content (AvgIpc) is 2.74. The Morgan fingerprint density at radius 2 is 1.62 bits per heavy atom. The van der Waals surface area contributed by atoms with Gasteiger partial charge in [-0.25, -0.2) is 0 Å². The maximum absolute atomic E-state index is 12.1. The van der Waals surface area contributed by atoms with E-state index < -0.39 is 0 Å². The lowest BCUT2D eigenvalue weighted by Gasteiger charge is -2.34. The van der Waals surface area contributed by atoms with Gasteiger partial charge in [0, 0.05) is 43.6 Å². The van der Waals surface area contributed by atoms with Gasteiger partial charge in [0.05, 0.1) is 6.54 Å². The zero-order valence-electron chi connectivity index (χ0n) is 17.0. The van der Waals surface area contributed by atoms with E-state index in [1.54, 1.807) is 0 Å². The number of carbonyl (C=O) groups is 2. The van der Waals surface area contributed by atoms with Crippen LogP contribution in [0.25, 0.3) is 5.57 Å². The second kappa shape index (κ2) is 9.89. The molecule has 152 valence electrons. The Morgan fingerprint density at radius 3 is 2.28 bits per heavy atom. The molecular weight excluding hydrogens is 364 g/mol. The quantitative estimate of drug-likeness (QED) is 0.742. The summed E-state index contributed by atoms with van der Waals surface area (Å²) in [5, 5.41) is 5.45. The van der Waals surface area contributed by atoms with Gasteiger partial charge in [0.15, 0.2) is 0 Å². The van der Waals surface area contributed by atoms with Crippen molar-refractivity contribution in [2.75, 3.05) is 50.0 Å². The van der Waals surface area contributed by atoms with Gasteiger partial charge in [0.2, 0.25) is 11.8 Å². The van der Waals surface area contributed by atoms with Crippen LogP contribution in [-0.4, -0.2) is 56.5 Å². The van der Waals surface area contributed by atoms with Crippen molar-refractivity contribution in [1.82, 2.24) is 10.2 Å². The van der Waals surface area contributed by atoms with Crippen molar-refractivity contribution in [3.8, 4) is 0 Å². The SMILES string of the molecule is C/C(=C\C(=O)NCC(=O)Nc1ccc(N2CCN(C)CC2)cc1)c1ccccc1. The van der Waals surface area contributed by atoms with Crippen molar-refractivity contribution in [2.24, 2.45) is 0 Å². The first-order valence-corrected chi connectivity index (χ1v) is 9.86. The van der Waals surface area contributed by atoms with E-state index in [1.807, 2.05) is 61.5 Å². The molecule has 6 nitrogen and oxygen atoms in total. The Hall–Kier alpha value is -3.12. The van der Waals surface area contributed by atoms with Crippen molar-refractivity contribution >= 4 is 28.8 Å². The lowest BCUT2D eigenvalue weighted by atomic mass is 10.1. The number of hydrogen-bond donors (Lipinski definition) is 2. The highest BCUT2D eigenvalue weighted by Crippen LogP contribution is 2.19. The highest BCUT2D eigenvalue weighted by molar-refractivity contribution is 5.99. The highest BCUT2D eigenvalue weighted by Gasteiger charge is 2.14. The summed E-state index contributed by atoms with van der Waals surface area (Å²) in [5.41, 5.74) is 3.71. The van der Waals surface area contributed by atoms with E-state index in [2.05, 4.69) is 27.5 Å². The zero-order chi connectivity index (χ0) is 20.6. The fourth-order valence-electron chi connectivity index (χ4n) is 3.22. The standard InChI is InChI=1S/C23H28N4O2/c1-18(19-6-4-3-5-7-19)16-22(28)24-17-23(29)25-20-8-10-21(11-9-20)27-14-12-26(2)13-15-27/h3-11,16H,12-15,17H2,1-2H3,(H,24,28)(H,25,29)/b18-16+. The number of hydrogen-bond acceptors (Lipinski definition) is 4. The van der Waals surface area contributed by atoms with Crippen LogP contribution in [0.5, 0.6) is 0 Å². The molecule has 0 radical (unpaired) electrons. The third kappa shape index (κ3) is 6.19. The Labute approximate surface area is 172 Å². The van der Waals surface area contributed by atoms with E-state index in [-0.39, 0.29) is 18.4 Å². The third-order valence-corrected chi connectivity index (χ3v) is 5.02. The molecule has 1 fully saturated rings. The van der Waals surface area contributed by atoms with Crippen LogP contribution in [0.2, 0.25) is 0 Å². The Balaban J connectivity index is 1.46. The van der Waals surface area contributed by atoms with Crippen LogP contribution in [0.3, 0.4) is 0 Å². The molecule has 2 aromatic carbocycles. The molecule has 0 saturated carbocycles. The molecular formula is C23H28N4O2. The van der Waals surface area contributed by atoms with Crippen LogP contribution < -0.4 is 15.5 Å². The van der Waals surface area contributed by atoms with Crippen LogP contribution in [0.15, 0.2) is 60.7 Å². The summed E-state index contributed by atoms with van der Waals surface area (Å²) in [5.74, 6) is -0.539. The lowest BCUT2D eigenvalue weighted by Crippen LogP contribution is -2.44. The molecule has 29 heavy (non-hydrogen) atoms. The molecule has 2 N–H and O–H groups in total. The molecule has 1 aliphatic rings. The summed E-state index contributed by atoms with van der Waals surface area (Å²) in [4.78, 5) is 28.8. The second-order valence-electron chi connectivity index (χ2n) is 7.30. The van der Waals surface area contributed by atoms with Crippen molar-refractivity contribution in [1.29, 1.82) is 0 Å². The number of rotatable bonds is 6. The smallest absolute Gasteiger partial charge is 0.244 e. The van der Waals surface area contributed by atoms with Gasteiger partial charge in [-0.1, -0.05) is 30.3 Å². The minimum absolute atomic E-state index is 0.0718. The van der Waals surface area contributed by atoms with Crippen LogP contribution in [0, 0.1) is 0 Å². The van der Waals surface area contributed by atoms with Crippen LogP contribution in [0.1, 0.15) is 12.5 Å². The topological polar surface area (TPSA) is 64.7 Å². The first-order valence-electron chi connectivity index (χ1n) is 9.86. The van der Waals surface area contributed by atoms with Gasteiger partial charge < -0.3 is 20.4 Å². The molecule has 1 aliphatic heterocycles. The van der Waals surface area contributed by atoms with E-state index in [0.29, 0.717) is 0 Å². The predicted octanol–water partition coefficient (Wildman–Crippen LogP) is 2.60. The maximum atomic E-state index is 12.1. The molecule has 0 bridgehead atoms. The van der Waals surface area contributed by atoms with E-state index in [1.165, 1.54) is 6.08 Å². The fraction of sp³-hybridized carbons (Fsp3) is 0.304. The maximum Gasteiger partial charge on any atom is 0.244 e. The monoisotopic (exact) mass is 392 g/mol. The van der Waals surface area contributed by atoms with Gasteiger partial charge in [-0.2, -0.15) is 0 Å². The Kier molecular flexibility index (Phi) is 7.03. The van der Waals surface area contributed by atoms with Crippen LogP contribution in [0.4, 0.5) is 11.4 Å². The van der Waals surface area contributed by atoms with Crippen molar-refractivity contribution < 1.29 is 9.59 Å². The number of anilines is 2. The summed E-state index contributed by atoms with van der Waals surface area (Å²) in [7, 11) is 2.13. The molecule has 2 amide bonds. The zero-order valence-corrected chi connectivity index (χ0v) is 17.0. The number of benzene rings is 2. The third-order valence-electron chi connectivity index (χ3n) is 5.02.